The summed E-state index contributed by atoms with van der Waals surface area (Å²) in [6, 6.07) is 5.08. The van der Waals surface area contributed by atoms with Crippen molar-refractivity contribution in [1.82, 2.24) is 20.2 Å². The minimum Gasteiger partial charge on any atom is -0.444 e. The van der Waals surface area contributed by atoms with Crippen molar-refractivity contribution >= 4 is 23.0 Å². The second-order valence-corrected chi connectivity index (χ2v) is 8.02. The number of aromatic amines is 1. The number of aromatic nitrogens is 2. The molecule has 0 saturated carbocycles. The van der Waals surface area contributed by atoms with E-state index in [1.807, 2.05) is 13.8 Å². The van der Waals surface area contributed by atoms with Gasteiger partial charge in [-0.3, -0.25) is 9.36 Å². The van der Waals surface area contributed by atoms with Gasteiger partial charge in [-0.2, -0.15) is 0 Å². The first-order valence-electron chi connectivity index (χ1n) is 9.48. The number of imidazole rings is 1. The van der Waals surface area contributed by atoms with Gasteiger partial charge >= 0.3 is 11.8 Å². The maximum absolute atomic E-state index is 12.8. The van der Waals surface area contributed by atoms with Crippen LogP contribution in [-0.4, -0.2) is 39.2 Å². The van der Waals surface area contributed by atoms with Gasteiger partial charge in [0.2, 0.25) is 0 Å². The number of hydrogen-bond acceptors (Lipinski definition) is 4. The Morgan fingerprint density at radius 1 is 1.18 bits per heavy atom. The van der Waals surface area contributed by atoms with Crippen molar-refractivity contribution in [3.8, 4) is 0 Å². The standard InChI is InChI=1S/C20H30N4O4/c1-7-20(8-2,12-21-18(27)28-19(3,4)5)23-16(25)13-9-10-15-14(11-13)22-17(26)24(15)6/h9-11H,7-8,12H2,1-6H3,(H,21,27)(H,22,26)(H,23,25). The molecule has 28 heavy (non-hydrogen) atoms. The minimum absolute atomic E-state index is 0.231. The van der Waals surface area contributed by atoms with Gasteiger partial charge < -0.3 is 20.4 Å². The quantitative estimate of drug-likeness (QED) is 0.705. The number of alkyl carbamates (subject to hydrolysis) is 1. The molecule has 0 unspecified atom stereocenters. The fourth-order valence-electron chi connectivity index (χ4n) is 2.97. The maximum atomic E-state index is 12.8. The Balaban J connectivity index is 2.15. The third-order valence-electron chi connectivity index (χ3n) is 4.87. The number of amides is 2. The van der Waals surface area contributed by atoms with E-state index in [-0.39, 0.29) is 18.1 Å². The van der Waals surface area contributed by atoms with E-state index < -0.39 is 17.2 Å². The second kappa shape index (κ2) is 8.08. The molecule has 0 saturated heterocycles. The van der Waals surface area contributed by atoms with Crippen molar-refractivity contribution in [2.45, 2.75) is 58.6 Å². The number of aryl methyl sites for hydroxylation is 1. The first-order valence-corrected chi connectivity index (χ1v) is 9.48. The fraction of sp³-hybridized carbons (Fsp3) is 0.550. The number of nitrogens with one attached hydrogen (secondary N) is 3. The minimum atomic E-state index is -0.604. The molecule has 8 heteroatoms. The van der Waals surface area contributed by atoms with Gasteiger partial charge in [-0.1, -0.05) is 13.8 Å². The molecule has 1 heterocycles. The maximum Gasteiger partial charge on any atom is 0.407 e. The zero-order chi connectivity index (χ0) is 21.1. The highest BCUT2D eigenvalue weighted by Gasteiger charge is 2.30. The van der Waals surface area contributed by atoms with Crippen LogP contribution in [0.1, 0.15) is 57.8 Å². The molecule has 1 aromatic carbocycles. The second-order valence-electron chi connectivity index (χ2n) is 8.02. The third-order valence-corrected chi connectivity index (χ3v) is 4.87. The van der Waals surface area contributed by atoms with E-state index in [4.69, 9.17) is 4.74 Å². The zero-order valence-electron chi connectivity index (χ0n) is 17.4. The molecular formula is C20H30N4O4. The summed E-state index contributed by atoms with van der Waals surface area (Å²) in [6.07, 6.45) is 0.751. The Morgan fingerprint density at radius 3 is 2.39 bits per heavy atom. The average molecular weight is 390 g/mol. The van der Waals surface area contributed by atoms with Crippen LogP contribution in [0, 0.1) is 0 Å². The number of benzene rings is 1. The van der Waals surface area contributed by atoms with Crippen LogP contribution < -0.4 is 16.3 Å². The van der Waals surface area contributed by atoms with Crippen LogP contribution in [-0.2, 0) is 11.8 Å². The van der Waals surface area contributed by atoms with Gasteiger partial charge in [0, 0.05) is 19.2 Å². The van der Waals surface area contributed by atoms with Gasteiger partial charge in [0.25, 0.3) is 5.91 Å². The summed E-state index contributed by atoms with van der Waals surface area (Å²) >= 11 is 0. The first kappa shape index (κ1) is 21.5. The molecule has 2 rings (SSSR count). The molecule has 0 aliphatic heterocycles. The summed E-state index contributed by atoms with van der Waals surface area (Å²) in [5, 5.41) is 5.79. The molecule has 2 amide bonds. The van der Waals surface area contributed by atoms with E-state index in [2.05, 4.69) is 15.6 Å². The Bertz CT molecular complexity index is 916. The average Bonchev–Trinajstić information content (AvgIpc) is 2.90. The van der Waals surface area contributed by atoms with Gasteiger partial charge in [0.15, 0.2) is 0 Å². The summed E-state index contributed by atoms with van der Waals surface area (Å²) in [5.41, 5.74) is 0.350. The Kier molecular flexibility index (Phi) is 6.21. The number of ether oxygens (including phenoxy) is 1. The zero-order valence-corrected chi connectivity index (χ0v) is 17.4. The monoisotopic (exact) mass is 390 g/mol. The molecule has 0 aliphatic carbocycles. The van der Waals surface area contributed by atoms with Gasteiger partial charge in [0.1, 0.15) is 5.60 Å². The topological polar surface area (TPSA) is 105 Å². The van der Waals surface area contributed by atoms with Crippen LogP contribution >= 0.6 is 0 Å². The van der Waals surface area contributed by atoms with Crippen molar-refractivity contribution in [2.75, 3.05) is 6.54 Å². The number of rotatable bonds is 6. The lowest BCUT2D eigenvalue weighted by Gasteiger charge is -2.33. The highest BCUT2D eigenvalue weighted by atomic mass is 16.6. The highest BCUT2D eigenvalue weighted by Crippen LogP contribution is 2.18. The van der Waals surface area contributed by atoms with Crippen LogP contribution in [0.15, 0.2) is 23.0 Å². The Morgan fingerprint density at radius 2 is 1.82 bits per heavy atom. The molecule has 8 nitrogen and oxygen atoms in total. The molecule has 0 spiro atoms. The number of fused-ring (bicyclic) bond motifs is 1. The molecule has 0 radical (unpaired) electrons. The van der Waals surface area contributed by atoms with E-state index in [0.29, 0.717) is 23.9 Å². The predicted octanol–water partition coefficient (Wildman–Crippen LogP) is 2.68. The van der Waals surface area contributed by atoms with E-state index in [1.165, 1.54) is 4.57 Å². The van der Waals surface area contributed by atoms with Crippen LogP contribution in [0.5, 0.6) is 0 Å². The van der Waals surface area contributed by atoms with Crippen molar-refractivity contribution < 1.29 is 14.3 Å². The lowest BCUT2D eigenvalue weighted by Crippen LogP contribution is -2.55. The molecule has 1 aromatic heterocycles. The Labute approximate surface area is 164 Å². The van der Waals surface area contributed by atoms with Crippen LogP contribution in [0.2, 0.25) is 0 Å². The van der Waals surface area contributed by atoms with E-state index in [1.54, 1.807) is 46.0 Å². The number of H-pyrrole nitrogens is 1. The summed E-state index contributed by atoms with van der Waals surface area (Å²) in [7, 11) is 1.67. The number of carbonyl (C=O) groups is 2. The van der Waals surface area contributed by atoms with Crippen molar-refractivity contribution in [1.29, 1.82) is 0 Å². The van der Waals surface area contributed by atoms with Crippen molar-refractivity contribution in [3.05, 3.63) is 34.2 Å². The number of hydrogen-bond donors (Lipinski definition) is 3. The number of nitrogens with zero attached hydrogens (tertiary/aromatic N) is 1. The summed E-state index contributed by atoms with van der Waals surface area (Å²) in [5.74, 6) is -0.263. The molecule has 0 bridgehead atoms. The van der Waals surface area contributed by atoms with Crippen molar-refractivity contribution in [2.24, 2.45) is 7.05 Å². The van der Waals surface area contributed by atoms with E-state index in [0.717, 1.165) is 5.52 Å². The summed E-state index contributed by atoms with van der Waals surface area (Å²) in [6.45, 7) is 9.56. The lowest BCUT2D eigenvalue weighted by molar-refractivity contribution is 0.0502. The molecule has 0 fully saturated rings. The van der Waals surface area contributed by atoms with Crippen LogP contribution in [0.4, 0.5) is 4.79 Å². The fourth-order valence-corrected chi connectivity index (χ4v) is 2.97. The van der Waals surface area contributed by atoms with Gasteiger partial charge in [-0.15, -0.1) is 0 Å². The SMILES string of the molecule is CCC(CC)(CNC(=O)OC(C)(C)C)NC(=O)c1ccc2c(c1)[nH]c(=O)n2C. The lowest BCUT2D eigenvalue weighted by atomic mass is 9.92. The normalized spacial score (nSPS) is 12.1. The molecule has 0 aliphatic rings. The largest absolute Gasteiger partial charge is 0.444 e. The smallest absolute Gasteiger partial charge is 0.407 e. The van der Waals surface area contributed by atoms with Crippen LogP contribution in [0.25, 0.3) is 11.0 Å². The van der Waals surface area contributed by atoms with E-state index in [9.17, 15) is 14.4 Å². The molecule has 2 aromatic rings. The van der Waals surface area contributed by atoms with Gasteiger partial charge in [-0.05, 0) is 51.8 Å². The molecular weight excluding hydrogens is 360 g/mol. The van der Waals surface area contributed by atoms with Gasteiger partial charge in [0.05, 0.1) is 16.6 Å². The predicted molar refractivity (Wildman–Crippen MR) is 109 cm³/mol. The highest BCUT2D eigenvalue weighted by molar-refractivity contribution is 5.97. The van der Waals surface area contributed by atoms with Crippen molar-refractivity contribution in [3.63, 3.8) is 0 Å². The summed E-state index contributed by atoms with van der Waals surface area (Å²) < 4.78 is 6.76. The molecule has 3 N–H and O–H groups in total. The van der Waals surface area contributed by atoms with Crippen LogP contribution in [0.3, 0.4) is 0 Å². The third kappa shape index (κ3) is 4.94. The summed E-state index contributed by atoms with van der Waals surface area (Å²) in [4.78, 5) is 39.3. The van der Waals surface area contributed by atoms with E-state index >= 15 is 0 Å². The Hall–Kier alpha value is -2.77. The molecule has 154 valence electrons. The van der Waals surface area contributed by atoms with Gasteiger partial charge in [-0.25, -0.2) is 9.59 Å². The first-order chi connectivity index (χ1) is 13.0. The molecule has 0 atom stereocenters. The number of carbonyl (C=O) groups excluding carboxylic acids is 2.